The number of carbonyl (C=O) groups is 1. The summed E-state index contributed by atoms with van der Waals surface area (Å²) in [6.07, 6.45) is 2.68. The van der Waals surface area contributed by atoms with Crippen molar-refractivity contribution in [2.24, 2.45) is 0 Å². The van der Waals surface area contributed by atoms with E-state index in [1.54, 1.807) is 6.08 Å². The Morgan fingerprint density at radius 1 is 1.29 bits per heavy atom. The van der Waals surface area contributed by atoms with Gasteiger partial charge in [-0.15, -0.1) is 0 Å². The zero-order valence-electron chi connectivity index (χ0n) is 7.81. The van der Waals surface area contributed by atoms with Gasteiger partial charge in [0.05, 0.1) is 0 Å². The van der Waals surface area contributed by atoms with E-state index in [2.05, 4.69) is 5.32 Å². The van der Waals surface area contributed by atoms with Crippen molar-refractivity contribution in [3.8, 4) is 0 Å². The lowest BCUT2D eigenvalue weighted by atomic mass is 10.2. The number of rotatable bonds is 2. The monoisotopic (exact) mass is 191 g/mol. The lowest BCUT2D eigenvalue weighted by Crippen LogP contribution is -1.85. The van der Waals surface area contributed by atoms with E-state index in [0.717, 1.165) is 11.6 Å². The van der Waals surface area contributed by atoms with Gasteiger partial charge in [0, 0.05) is 19.2 Å². The predicted molar refractivity (Wildman–Crippen MR) is 56.0 cm³/mol. The molecule has 1 aliphatic heterocycles. The number of hydrogen-bond acceptors (Lipinski definition) is 2. The van der Waals surface area contributed by atoms with E-state index in [1.807, 2.05) is 30.3 Å². The van der Waals surface area contributed by atoms with Crippen molar-refractivity contribution in [2.45, 2.75) is 0 Å². The fraction of sp³-hybridized carbons (Fsp3) is 0.182. The molecule has 0 amide bonds. The highest BCUT2D eigenvalue weighted by molar-refractivity contribution is 5.85. The quantitative estimate of drug-likeness (QED) is 0.548. The molecule has 14 heavy (non-hydrogen) atoms. The van der Waals surface area contributed by atoms with Crippen LogP contribution in [0, 0.1) is 0 Å². The van der Waals surface area contributed by atoms with Gasteiger partial charge in [0.25, 0.3) is 0 Å². The molecule has 1 aromatic carbocycles. The predicted octanol–water partition coefficient (Wildman–Crippen LogP) is 1.37. The summed E-state index contributed by atoms with van der Waals surface area (Å²) in [4.78, 5) is 10.1. The van der Waals surface area contributed by atoms with Gasteiger partial charge in [-0.05, 0) is 11.6 Å². The maximum Gasteiger partial charge on any atom is 0.328 e. The van der Waals surface area contributed by atoms with Gasteiger partial charge in [-0.25, -0.2) is 4.79 Å². The van der Waals surface area contributed by atoms with Crippen molar-refractivity contribution in [1.29, 1.82) is 0 Å². The Labute approximate surface area is 83.1 Å². The topological polar surface area (TPSA) is 59.2 Å². The van der Waals surface area contributed by atoms with Crippen LogP contribution >= 0.6 is 0 Å². The van der Waals surface area contributed by atoms with E-state index in [9.17, 15) is 4.79 Å². The second-order valence-electron chi connectivity index (χ2n) is 2.83. The number of nitrogens with one attached hydrogen (secondary N) is 1. The van der Waals surface area contributed by atoms with Crippen LogP contribution in [-0.2, 0) is 4.79 Å². The first-order valence-electron chi connectivity index (χ1n) is 4.46. The van der Waals surface area contributed by atoms with E-state index < -0.39 is 5.97 Å². The molecule has 1 aliphatic rings. The third-order valence-electron chi connectivity index (χ3n) is 1.47. The number of aliphatic carboxylic acids is 1. The first-order chi connectivity index (χ1) is 6.79. The van der Waals surface area contributed by atoms with Gasteiger partial charge < -0.3 is 10.4 Å². The molecular weight excluding hydrogens is 178 g/mol. The zero-order chi connectivity index (χ0) is 10.2. The Kier molecular flexibility index (Phi) is 4.44. The van der Waals surface area contributed by atoms with Crippen LogP contribution in [0.5, 0.6) is 0 Å². The molecule has 0 unspecified atom stereocenters. The Morgan fingerprint density at radius 3 is 2.29 bits per heavy atom. The molecule has 2 rings (SSSR count). The van der Waals surface area contributed by atoms with Crippen LogP contribution in [0.2, 0.25) is 0 Å². The van der Waals surface area contributed by atoms with Crippen LogP contribution in [0.15, 0.2) is 36.4 Å². The minimum atomic E-state index is -0.922. The molecule has 0 aliphatic carbocycles. The van der Waals surface area contributed by atoms with Crippen LogP contribution in [0.1, 0.15) is 5.56 Å². The summed E-state index contributed by atoms with van der Waals surface area (Å²) >= 11 is 0. The summed E-state index contributed by atoms with van der Waals surface area (Å²) < 4.78 is 0. The van der Waals surface area contributed by atoms with Crippen molar-refractivity contribution >= 4 is 12.0 Å². The van der Waals surface area contributed by atoms with Gasteiger partial charge in [-0.1, -0.05) is 30.3 Å². The van der Waals surface area contributed by atoms with Crippen molar-refractivity contribution in [3.63, 3.8) is 0 Å². The van der Waals surface area contributed by atoms with Crippen LogP contribution < -0.4 is 5.32 Å². The second kappa shape index (κ2) is 5.94. The van der Waals surface area contributed by atoms with Gasteiger partial charge in [0.15, 0.2) is 0 Å². The summed E-state index contributed by atoms with van der Waals surface area (Å²) in [6, 6.07) is 9.31. The molecule has 1 saturated heterocycles. The Balaban J connectivity index is 0.000000276. The number of carboxylic acids is 1. The minimum Gasteiger partial charge on any atom is -0.478 e. The van der Waals surface area contributed by atoms with Gasteiger partial charge in [-0.2, -0.15) is 0 Å². The summed E-state index contributed by atoms with van der Waals surface area (Å²) in [7, 11) is 0. The third-order valence-corrected chi connectivity index (χ3v) is 1.47. The van der Waals surface area contributed by atoms with Gasteiger partial charge in [-0.3, -0.25) is 0 Å². The average molecular weight is 191 g/mol. The summed E-state index contributed by atoms with van der Waals surface area (Å²) in [5.41, 5.74) is 0.898. The largest absolute Gasteiger partial charge is 0.478 e. The first-order valence-corrected chi connectivity index (χ1v) is 4.46. The minimum absolute atomic E-state index is 0.898. The van der Waals surface area contributed by atoms with Gasteiger partial charge in [0.1, 0.15) is 0 Å². The molecule has 0 bridgehead atoms. The maximum absolute atomic E-state index is 10.1. The fourth-order valence-electron chi connectivity index (χ4n) is 0.732. The van der Waals surface area contributed by atoms with Crippen molar-refractivity contribution in [1.82, 2.24) is 5.32 Å². The molecule has 1 heterocycles. The van der Waals surface area contributed by atoms with E-state index in [0.29, 0.717) is 0 Å². The lowest BCUT2D eigenvalue weighted by Gasteiger charge is -1.87. The van der Waals surface area contributed by atoms with Crippen molar-refractivity contribution in [3.05, 3.63) is 42.0 Å². The molecule has 0 radical (unpaired) electrons. The Bertz CT molecular complexity index is 302. The van der Waals surface area contributed by atoms with Crippen LogP contribution in [-0.4, -0.2) is 24.2 Å². The molecule has 74 valence electrons. The molecule has 0 saturated carbocycles. The molecule has 1 aromatic rings. The second-order valence-corrected chi connectivity index (χ2v) is 2.83. The van der Waals surface area contributed by atoms with Crippen molar-refractivity contribution < 1.29 is 9.90 Å². The molecule has 2 N–H and O–H groups in total. The molecule has 1 fully saturated rings. The van der Waals surface area contributed by atoms with E-state index >= 15 is 0 Å². The average Bonchev–Trinajstić information content (AvgIpc) is 3.03. The highest BCUT2D eigenvalue weighted by atomic mass is 16.4. The van der Waals surface area contributed by atoms with Crippen molar-refractivity contribution in [2.75, 3.05) is 13.1 Å². The van der Waals surface area contributed by atoms with Gasteiger partial charge >= 0.3 is 5.97 Å². The maximum atomic E-state index is 10.1. The molecule has 3 heteroatoms. The van der Waals surface area contributed by atoms with Gasteiger partial charge in [0.2, 0.25) is 0 Å². The zero-order valence-corrected chi connectivity index (χ0v) is 7.81. The van der Waals surface area contributed by atoms with E-state index in [-0.39, 0.29) is 0 Å². The fourth-order valence-corrected chi connectivity index (χ4v) is 0.732. The SMILES string of the molecule is C1CN1.O=C(O)C=Cc1ccccc1. The Morgan fingerprint density at radius 2 is 1.86 bits per heavy atom. The van der Waals surface area contributed by atoms with Crippen LogP contribution in [0.25, 0.3) is 6.08 Å². The summed E-state index contributed by atoms with van der Waals surface area (Å²) in [5.74, 6) is -0.922. The number of benzene rings is 1. The third kappa shape index (κ3) is 5.97. The molecule has 0 spiro atoms. The van der Waals surface area contributed by atoms with E-state index in [1.165, 1.54) is 13.1 Å². The van der Waals surface area contributed by atoms with Crippen LogP contribution in [0.3, 0.4) is 0 Å². The molecule has 0 atom stereocenters. The molecule has 3 nitrogen and oxygen atoms in total. The highest BCUT2D eigenvalue weighted by Gasteiger charge is 1.91. The highest BCUT2D eigenvalue weighted by Crippen LogP contribution is 1.99. The van der Waals surface area contributed by atoms with E-state index in [4.69, 9.17) is 5.11 Å². The lowest BCUT2D eigenvalue weighted by molar-refractivity contribution is -0.131. The van der Waals surface area contributed by atoms with Crippen LogP contribution in [0.4, 0.5) is 0 Å². The normalized spacial score (nSPS) is 13.1. The molecule has 0 aromatic heterocycles. The molecular formula is C11H13NO2. The standard InChI is InChI=1S/C9H8O2.C2H5N/c10-9(11)7-6-8-4-2-1-3-5-8;1-2-3-1/h1-7H,(H,10,11);3H,1-2H2. The smallest absolute Gasteiger partial charge is 0.328 e. The first kappa shape index (κ1) is 10.5. The Hall–Kier alpha value is -1.61. The number of hydrogen-bond donors (Lipinski definition) is 2. The number of carboxylic acid groups (broad SMARTS) is 1. The summed E-state index contributed by atoms with van der Waals surface area (Å²) in [6.45, 7) is 2.50. The summed E-state index contributed by atoms with van der Waals surface area (Å²) in [5, 5.41) is 11.3.